The van der Waals surface area contributed by atoms with Gasteiger partial charge in [-0.15, -0.1) is 0 Å². The van der Waals surface area contributed by atoms with Crippen molar-refractivity contribution in [3.05, 3.63) is 29.1 Å². The molecule has 98 valence electrons. The molecule has 18 heavy (non-hydrogen) atoms. The number of fused-ring (bicyclic) bond motifs is 2. The van der Waals surface area contributed by atoms with Crippen molar-refractivity contribution in [2.24, 2.45) is 0 Å². The van der Waals surface area contributed by atoms with Gasteiger partial charge in [-0.2, -0.15) is 12.6 Å². The maximum Gasteiger partial charge on any atom is 0.0415 e. The molecule has 0 aliphatic carbocycles. The van der Waals surface area contributed by atoms with E-state index in [1.165, 1.54) is 25.1 Å². The molecular formula is C14H21N3S. The van der Waals surface area contributed by atoms with Gasteiger partial charge in [0, 0.05) is 49.0 Å². The number of hydrogen-bond donors (Lipinski definition) is 1. The summed E-state index contributed by atoms with van der Waals surface area (Å²) in [5, 5.41) is 0. The quantitative estimate of drug-likeness (QED) is 0.840. The Kier molecular flexibility index (Phi) is 3.34. The van der Waals surface area contributed by atoms with Crippen LogP contribution >= 0.6 is 12.6 Å². The molecule has 0 radical (unpaired) electrons. The Hall–Kier alpha value is -0.580. The number of pyridine rings is 1. The molecule has 2 bridgehead atoms. The maximum atomic E-state index is 4.45. The molecule has 0 N–H and O–H groups in total. The van der Waals surface area contributed by atoms with Crippen LogP contribution in [0.2, 0.25) is 0 Å². The molecule has 1 aromatic rings. The van der Waals surface area contributed by atoms with E-state index in [4.69, 9.17) is 0 Å². The number of piperazine rings is 1. The van der Waals surface area contributed by atoms with Crippen LogP contribution in [0.25, 0.3) is 0 Å². The van der Waals surface area contributed by atoms with Crippen LogP contribution in [-0.4, -0.2) is 45.8 Å². The fourth-order valence-electron chi connectivity index (χ4n) is 3.37. The van der Waals surface area contributed by atoms with Crippen molar-refractivity contribution in [2.45, 2.75) is 38.9 Å². The SMILES string of the molecule is Cc1cc(CN2C3CC2CN(CS)C3)cc(C)n1. The zero-order chi connectivity index (χ0) is 12.7. The van der Waals surface area contributed by atoms with Gasteiger partial charge in [0.1, 0.15) is 0 Å². The zero-order valence-electron chi connectivity index (χ0n) is 11.1. The fourth-order valence-corrected chi connectivity index (χ4v) is 3.60. The number of rotatable bonds is 3. The molecule has 3 nitrogen and oxygen atoms in total. The Balaban J connectivity index is 1.68. The minimum Gasteiger partial charge on any atom is -0.291 e. The predicted octanol–water partition coefficient (Wildman–Crippen LogP) is 1.84. The van der Waals surface area contributed by atoms with Crippen LogP contribution < -0.4 is 0 Å². The summed E-state index contributed by atoms with van der Waals surface area (Å²) < 4.78 is 0. The molecule has 0 aromatic carbocycles. The molecule has 1 aromatic heterocycles. The van der Waals surface area contributed by atoms with Crippen molar-refractivity contribution < 1.29 is 0 Å². The van der Waals surface area contributed by atoms with E-state index in [0.29, 0.717) is 0 Å². The Morgan fingerprint density at radius 1 is 1.22 bits per heavy atom. The third kappa shape index (κ3) is 2.29. The van der Waals surface area contributed by atoms with E-state index in [1.807, 2.05) is 0 Å². The summed E-state index contributed by atoms with van der Waals surface area (Å²) in [6.07, 6.45) is 1.37. The van der Waals surface area contributed by atoms with Gasteiger partial charge < -0.3 is 0 Å². The van der Waals surface area contributed by atoms with Crippen LogP contribution in [0, 0.1) is 13.8 Å². The lowest BCUT2D eigenvalue weighted by Gasteiger charge is -2.56. The average Bonchev–Trinajstić information content (AvgIpc) is 2.35. The molecule has 2 aliphatic heterocycles. The van der Waals surface area contributed by atoms with Gasteiger partial charge in [-0.3, -0.25) is 14.8 Å². The van der Waals surface area contributed by atoms with E-state index in [2.05, 4.69) is 53.4 Å². The first-order valence-electron chi connectivity index (χ1n) is 6.69. The summed E-state index contributed by atoms with van der Waals surface area (Å²) >= 11 is 4.38. The lowest BCUT2D eigenvalue weighted by molar-refractivity contribution is -0.0687. The van der Waals surface area contributed by atoms with Crippen molar-refractivity contribution in [3.8, 4) is 0 Å². The Morgan fingerprint density at radius 3 is 2.39 bits per heavy atom. The van der Waals surface area contributed by atoms with Crippen LogP contribution in [0.1, 0.15) is 23.4 Å². The number of nitrogens with zero attached hydrogens (tertiary/aromatic N) is 3. The lowest BCUT2D eigenvalue weighted by Crippen LogP contribution is -2.67. The van der Waals surface area contributed by atoms with Crippen molar-refractivity contribution in [2.75, 3.05) is 19.0 Å². The zero-order valence-corrected chi connectivity index (χ0v) is 12.0. The van der Waals surface area contributed by atoms with Gasteiger partial charge in [0.15, 0.2) is 0 Å². The molecule has 2 aliphatic rings. The number of hydrogen-bond acceptors (Lipinski definition) is 4. The predicted molar refractivity (Wildman–Crippen MR) is 76.9 cm³/mol. The highest BCUT2D eigenvalue weighted by Crippen LogP contribution is 2.33. The normalized spacial score (nSPS) is 28.2. The molecule has 3 rings (SSSR count). The first kappa shape index (κ1) is 12.5. The number of aryl methyl sites for hydroxylation is 2. The van der Waals surface area contributed by atoms with Crippen LogP contribution in [0.15, 0.2) is 12.1 Å². The first-order chi connectivity index (χ1) is 8.65. The van der Waals surface area contributed by atoms with Gasteiger partial charge in [0.25, 0.3) is 0 Å². The largest absolute Gasteiger partial charge is 0.291 e. The summed E-state index contributed by atoms with van der Waals surface area (Å²) in [6, 6.07) is 5.92. The first-order valence-corrected chi connectivity index (χ1v) is 7.32. The minimum absolute atomic E-state index is 0.740. The Labute approximate surface area is 115 Å². The van der Waals surface area contributed by atoms with Crippen molar-refractivity contribution in [1.29, 1.82) is 0 Å². The summed E-state index contributed by atoms with van der Waals surface area (Å²) in [6.45, 7) is 7.61. The highest BCUT2D eigenvalue weighted by Gasteiger charge is 2.43. The van der Waals surface area contributed by atoms with E-state index in [-0.39, 0.29) is 0 Å². The third-order valence-corrected chi connectivity index (χ3v) is 4.53. The van der Waals surface area contributed by atoms with E-state index < -0.39 is 0 Å². The molecule has 2 fully saturated rings. The van der Waals surface area contributed by atoms with Gasteiger partial charge in [-0.1, -0.05) is 0 Å². The summed E-state index contributed by atoms with van der Waals surface area (Å²) in [4.78, 5) is 9.54. The molecule has 2 saturated heterocycles. The summed E-state index contributed by atoms with van der Waals surface area (Å²) in [5.74, 6) is 0.897. The van der Waals surface area contributed by atoms with Gasteiger partial charge in [-0.25, -0.2) is 0 Å². The molecule has 2 unspecified atom stereocenters. The molecule has 0 spiro atoms. The fraction of sp³-hybridized carbons (Fsp3) is 0.643. The van der Waals surface area contributed by atoms with Crippen LogP contribution in [0.3, 0.4) is 0 Å². The topological polar surface area (TPSA) is 19.4 Å². The molecule has 0 saturated carbocycles. The van der Waals surface area contributed by atoms with Crippen molar-refractivity contribution >= 4 is 12.6 Å². The van der Waals surface area contributed by atoms with Crippen LogP contribution in [0.4, 0.5) is 0 Å². The highest BCUT2D eigenvalue weighted by atomic mass is 32.1. The highest BCUT2D eigenvalue weighted by molar-refractivity contribution is 7.80. The number of likely N-dealkylation sites (tertiary alicyclic amines) is 2. The number of piperidine rings is 1. The van der Waals surface area contributed by atoms with E-state index >= 15 is 0 Å². The smallest absolute Gasteiger partial charge is 0.0415 e. The second-order valence-electron chi connectivity index (χ2n) is 5.65. The summed E-state index contributed by atoms with van der Waals surface area (Å²) in [7, 11) is 0. The molecule has 4 heteroatoms. The van der Waals surface area contributed by atoms with E-state index in [9.17, 15) is 0 Å². The van der Waals surface area contributed by atoms with E-state index in [0.717, 1.165) is 35.9 Å². The maximum absolute atomic E-state index is 4.45. The van der Waals surface area contributed by atoms with Crippen LogP contribution in [0.5, 0.6) is 0 Å². The second-order valence-corrected chi connectivity index (χ2v) is 5.93. The van der Waals surface area contributed by atoms with Gasteiger partial charge in [0.2, 0.25) is 0 Å². The van der Waals surface area contributed by atoms with Gasteiger partial charge >= 0.3 is 0 Å². The summed E-state index contributed by atoms with van der Waals surface area (Å²) in [5.41, 5.74) is 3.68. The third-order valence-electron chi connectivity index (χ3n) is 4.13. The molecular weight excluding hydrogens is 242 g/mol. The number of aromatic nitrogens is 1. The molecule has 0 amide bonds. The average molecular weight is 263 g/mol. The van der Waals surface area contributed by atoms with E-state index in [1.54, 1.807) is 0 Å². The van der Waals surface area contributed by atoms with Crippen molar-refractivity contribution in [3.63, 3.8) is 0 Å². The standard InChI is InChI=1S/C14H21N3S/c1-10-3-12(4-11(2)15-10)6-17-13-5-14(17)8-16(7-13)9-18/h3-4,13-14,18H,5-9H2,1-2H3. The molecule has 3 heterocycles. The van der Waals surface area contributed by atoms with Crippen LogP contribution in [-0.2, 0) is 6.54 Å². The lowest BCUT2D eigenvalue weighted by atomic mass is 9.87. The monoisotopic (exact) mass is 263 g/mol. The van der Waals surface area contributed by atoms with Gasteiger partial charge in [-0.05, 0) is 38.0 Å². The second kappa shape index (κ2) is 4.83. The Bertz CT molecular complexity index is 416. The van der Waals surface area contributed by atoms with Crippen molar-refractivity contribution in [1.82, 2.24) is 14.8 Å². The van der Waals surface area contributed by atoms with Gasteiger partial charge in [0.05, 0.1) is 0 Å². The molecule has 2 atom stereocenters. The number of thiol groups is 1. The minimum atomic E-state index is 0.740. The Morgan fingerprint density at radius 2 is 1.83 bits per heavy atom.